The van der Waals surface area contributed by atoms with Crippen molar-refractivity contribution in [3.63, 3.8) is 0 Å². The molecule has 6 aliphatic rings. The van der Waals surface area contributed by atoms with Crippen LogP contribution in [0.25, 0.3) is 0 Å². The first-order chi connectivity index (χ1) is 31.8. The lowest BCUT2D eigenvalue weighted by atomic mass is 9.94. The molecule has 19 heteroatoms. The van der Waals surface area contributed by atoms with E-state index in [4.69, 9.17) is 18.9 Å². The Balaban J connectivity index is 0.000000136. The first-order valence-corrected chi connectivity index (χ1v) is 25.6. The summed E-state index contributed by atoms with van der Waals surface area (Å²) in [6.45, 7) is 9.20. The van der Waals surface area contributed by atoms with Crippen molar-refractivity contribution in [1.29, 1.82) is 0 Å². The summed E-state index contributed by atoms with van der Waals surface area (Å²) in [6.07, 6.45) is 4.89. The van der Waals surface area contributed by atoms with E-state index in [-0.39, 0.29) is 27.3 Å². The second kappa shape index (κ2) is 20.2. The van der Waals surface area contributed by atoms with Crippen LogP contribution in [0.4, 0.5) is 16.2 Å². The van der Waals surface area contributed by atoms with E-state index in [0.29, 0.717) is 57.1 Å². The average molecular weight is 948 g/mol. The van der Waals surface area contributed by atoms with Gasteiger partial charge in [-0.2, -0.15) is 4.31 Å². The van der Waals surface area contributed by atoms with Crippen molar-refractivity contribution in [1.82, 2.24) is 25.2 Å². The van der Waals surface area contributed by atoms with E-state index in [0.717, 1.165) is 76.3 Å². The van der Waals surface area contributed by atoms with Gasteiger partial charge in [0.15, 0.2) is 0 Å². The second-order valence-electron chi connectivity index (χ2n) is 17.0. The van der Waals surface area contributed by atoms with Gasteiger partial charge in [0.1, 0.15) is 28.7 Å². The third-order valence-electron chi connectivity index (χ3n) is 13.0. The molecule has 6 aliphatic heterocycles. The lowest BCUT2D eigenvalue weighted by Crippen LogP contribution is -2.56. The van der Waals surface area contributed by atoms with Crippen molar-refractivity contribution in [2.45, 2.75) is 72.4 Å². The number of urea groups is 1. The number of amides is 2. The zero-order chi connectivity index (χ0) is 46.4. The number of nitrogens with one attached hydrogen (secondary N) is 4. The number of carbonyl (C=O) groups is 1. The molecule has 0 bridgehead atoms. The SMILES string of the molecule is CCc1ccc(NC(=O)N2CCC3(CC2)NCCO3)cc1.COc1ccc(S(=O)(=O)N2CCC3(NCCO3)c3ccccc32)cc1.O=S(=O)(c1ccc(O)cc1)N1CCOC12CCCNC2. The molecule has 5 N–H and O–H groups in total. The van der Waals surface area contributed by atoms with Crippen LogP contribution in [0.3, 0.4) is 0 Å². The van der Waals surface area contributed by atoms with Gasteiger partial charge < -0.3 is 39.6 Å². The van der Waals surface area contributed by atoms with Crippen LogP contribution in [0, 0.1) is 0 Å². The second-order valence-corrected chi connectivity index (χ2v) is 20.7. The van der Waals surface area contributed by atoms with E-state index in [1.165, 1.54) is 38.4 Å². The van der Waals surface area contributed by atoms with E-state index in [1.807, 2.05) is 41.3 Å². The number of phenolic OH excluding ortho intramolecular Hbond substituents is 1. The number of hydrogen-bond donors (Lipinski definition) is 5. The molecular weight excluding hydrogens is 887 g/mol. The van der Waals surface area contributed by atoms with Crippen LogP contribution in [0.5, 0.6) is 11.5 Å². The number of sulfonamides is 2. The van der Waals surface area contributed by atoms with Gasteiger partial charge in [0.25, 0.3) is 10.0 Å². The van der Waals surface area contributed by atoms with Gasteiger partial charge in [0, 0.05) is 76.3 Å². The molecule has 0 aliphatic carbocycles. The molecule has 3 spiro atoms. The summed E-state index contributed by atoms with van der Waals surface area (Å²) < 4.78 is 77.4. The molecule has 5 saturated heterocycles. The van der Waals surface area contributed by atoms with Crippen molar-refractivity contribution in [2.75, 3.05) is 88.9 Å². The number of aryl methyl sites for hydroxylation is 1. The van der Waals surface area contributed by atoms with Crippen LogP contribution in [0.1, 0.15) is 50.2 Å². The smallest absolute Gasteiger partial charge is 0.321 e. The molecule has 0 radical (unpaired) electrons. The minimum Gasteiger partial charge on any atom is -0.508 e. The maximum Gasteiger partial charge on any atom is 0.321 e. The fourth-order valence-corrected chi connectivity index (χ4v) is 12.6. The van der Waals surface area contributed by atoms with E-state index in [9.17, 15) is 26.7 Å². The first-order valence-electron chi connectivity index (χ1n) is 22.7. The van der Waals surface area contributed by atoms with Gasteiger partial charge in [0.05, 0.1) is 42.4 Å². The van der Waals surface area contributed by atoms with Crippen molar-refractivity contribution in [3.8, 4) is 11.5 Å². The maximum atomic E-state index is 13.2. The van der Waals surface area contributed by atoms with Gasteiger partial charge in [-0.15, -0.1) is 0 Å². The number of phenols is 1. The van der Waals surface area contributed by atoms with Gasteiger partial charge in [-0.05, 0) is 98.1 Å². The number of anilines is 2. The van der Waals surface area contributed by atoms with Crippen LogP contribution in [0.15, 0.2) is 107 Å². The summed E-state index contributed by atoms with van der Waals surface area (Å²) >= 11 is 0. The van der Waals surface area contributed by atoms with Gasteiger partial charge in [-0.3, -0.25) is 14.9 Å². The molecule has 0 aromatic heterocycles. The number of ether oxygens (including phenoxy) is 4. The number of para-hydroxylation sites is 1. The standard InChI is InChI=1S/C18H20N2O4S.C16H23N3O2.C13H18N2O4S/c1-23-14-6-8-15(9-7-14)25(21,22)20-12-10-18(19-11-13-24-18)16-4-2-3-5-17(16)20;1-2-13-3-5-14(6-4-13)18-15(20)19-10-7-16(8-11-19)17-9-12-21-16;16-11-2-4-12(5-3-11)20(17,18)15-8-9-19-13(15)6-1-7-14-10-13/h2-9,19H,10-13H2,1H3;3-6,17H,2,7-12H2,1H3,(H,18,20);2-5,14,16H,1,6-10H2. The molecule has 10 rings (SSSR count). The van der Waals surface area contributed by atoms with Gasteiger partial charge in [-0.25, -0.2) is 21.6 Å². The fourth-order valence-electron chi connectivity index (χ4n) is 9.41. The Morgan fingerprint density at radius 1 is 0.742 bits per heavy atom. The number of rotatable bonds is 7. The number of likely N-dealkylation sites (tertiary alicyclic amines) is 1. The third kappa shape index (κ3) is 10.0. The molecule has 356 valence electrons. The summed E-state index contributed by atoms with van der Waals surface area (Å²) in [5.74, 6) is 0.677. The number of methoxy groups -OCH3 is 1. The van der Waals surface area contributed by atoms with Crippen LogP contribution >= 0.6 is 0 Å². The Bertz CT molecular complexity index is 2480. The molecule has 0 saturated carbocycles. The van der Waals surface area contributed by atoms with Crippen molar-refractivity contribution >= 4 is 37.5 Å². The highest BCUT2D eigenvalue weighted by Gasteiger charge is 2.50. The van der Waals surface area contributed by atoms with Crippen LogP contribution in [0.2, 0.25) is 0 Å². The van der Waals surface area contributed by atoms with Crippen molar-refractivity contribution < 1.29 is 45.7 Å². The van der Waals surface area contributed by atoms with Crippen molar-refractivity contribution in [2.24, 2.45) is 0 Å². The predicted molar refractivity (Wildman–Crippen MR) is 249 cm³/mol. The Morgan fingerprint density at radius 2 is 1.42 bits per heavy atom. The van der Waals surface area contributed by atoms with Crippen LogP contribution in [-0.4, -0.2) is 128 Å². The lowest BCUT2D eigenvalue weighted by Gasteiger charge is -2.40. The largest absolute Gasteiger partial charge is 0.508 e. The third-order valence-corrected chi connectivity index (χ3v) is 16.8. The molecule has 4 aromatic carbocycles. The number of fused-ring (bicyclic) bond motifs is 2. The van der Waals surface area contributed by atoms with Gasteiger partial charge in [0.2, 0.25) is 10.0 Å². The number of nitrogens with zero attached hydrogens (tertiary/aromatic N) is 3. The van der Waals surface area contributed by atoms with Crippen molar-refractivity contribution in [3.05, 3.63) is 108 Å². The summed E-state index contributed by atoms with van der Waals surface area (Å²) in [6, 6.07) is 27.6. The number of benzene rings is 4. The summed E-state index contributed by atoms with van der Waals surface area (Å²) in [5, 5.41) is 22.3. The Labute approximate surface area is 387 Å². The number of piperidine rings is 2. The monoisotopic (exact) mass is 947 g/mol. The first kappa shape index (κ1) is 47.7. The molecule has 2 atom stereocenters. The van der Waals surface area contributed by atoms with Crippen LogP contribution in [-0.2, 0) is 46.4 Å². The quantitative estimate of drug-likeness (QED) is 0.170. The lowest BCUT2D eigenvalue weighted by molar-refractivity contribution is -0.0646. The zero-order valence-electron chi connectivity index (χ0n) is 37.5. The Morgan fingerprint density at radius 3 is 2.06 bits per heavy atom. The predicted octanol–water partition coefficient (Wildman–Crippen LogP) is 4.75. The molecule has 4 aromatic rings. The minimum absolute atomic E-state index is 0.0212. The molecule has 5 fully saturated rings. The minimum atomic E-state index is -3.65. The van der Waals surface area contributed by atoms with Gasteiger partial charge in [-0.1, -0.05) is 37.3 Å². The molecule has 2 amide bonds. The van der Waals surface area contributed by atoms with E-state index >= 15 is 0 Å². The number of hydrogen-bond acceptors (Lipinski definition) is 13. The van der Waals surface area contributed by atoms with E-state index in [1.54, 1.807) is 31.4 Å². The summed E-state index contributed by atoms with van der Waals surface area (Å²) in [5.41, 5.74) is 2.15. The summed E-state index contributed by atoms with van der Waals surface area (Å²) in [4.78, 5) is 14.6. The topological polar surface area (TPSA) is 200 Å². The zero-order valence-corrected chi connectivity index (χ0v) is 39.2. The number of aromatic hydroxyl groups is 1. The summed E-state index contributed by atoms with van der Waals surface area (Å²) in [7, 11) is -5.70. The Kier molecular flexibility index (Phi) is 14.6. The highest BCUT2D eigenvalue weighted by atomic mass is 32.2. The van der Waals surface area contributed by atoms with E-state index < -0.39 is 31.5 Å². The molecule has 66 heavy (non-hydrogen) atoms. The maximum absolute atomic E-state index is 13.2. The molecule has 17 nitrogen and oxygen atoms in total. The Hall–Kier alpha value is -4.83. The molecule has 2 unspecified atom stereocenters. The molecular formula is C47H61N7O10S2. The number of carbonyl (C=O) groups excluding carboxylic acids is 1. The fraction of sp³-hybridized carbons (Fsp3) is 0.468. The normalized spacial score (nSPS) is 23.7. The highest BCUT2D eigenvalue weighted by Crippen LogP contribution is 2.43. The highest BCUT2D eigenvalue weighted by molar-refractivity contribution is 7.92. The van der Waals surface area contributed by atoms with Gasteiger partial charge >= 0.3 is 6.03 Å². The van der Waals surface area contributed by atoms with E-state index in [2.05, 4.69) is 40.3 Å². The molecule has 6 heterocycles. The van der Waals surface area contributed by atoms with Crippen LogP contribution < -0.4 is 30.3 Å². The average Bonchev–Trinajstić information content (AvgIpc) is 4.12.